The minimum atomic E-state index is -0.410. The highest BCUT2D eigenvalue weighted by Gasteiger charge is 2.15. The number of ether oxygens (including phenoxy) is 1. The molecule has 1 N–H and O–H groups in total. The Bertz CT molecular complexity index is 460. The van der Waals surface area contributed by atoms with Crippen LogP contribution in [0, 0.1) is 11.3 Å². The Hall–Kier alpha value is -1.05. The molecule has 3 nitrogen and oxygen atoms in total. The lowest BCUT2D eigenvalue weighted by Crippen LogP contribution is -2.35. The Morgan fingerprint density at radius 3 is 2.63 bits per heavy atom. The van der Waals surface area contributed by atoms with Crippen LogP contribution in [0.3, 0.4) is 0 Å². The maximum atomic E-state index is 9.02. The molecule has 0 bridgehead atoms. The standard InChI is InChI=1S/C15H21BrN2O/c1-5-12(9-17)19-14-11(7-6-8-13(14)16)10-18-15(2,3)4/h6-8,12,18H,5,10H2,1-4H3. The van der Waals surface area contributed by atoms with E-state index < -0.39 is 6.10 Å². The molecule has 4 heteroatoms. The zero-order valence-corrected chi connectivity index (χ0v) is 13.5. The summed E-state index contributed by atoms with van der Waals surface area (Å²) in [4.78, 5) is 0. The smallest absolute Gasteiger partial charge is 0.184 e. The van der Waals surface area contributed by atoms with E-state index in [0.717, 1.165) is 15.8 Å². The molecule has 1 rings (SSSR count). The van der Waals surface area contributed by atoms with Gasteiger partial charge in [0.1, 0.15) is 11.8 Å². The predicted octanol–water partition coefficient (Wildman–Crippen LogP) is 4.02. The molecular formula is C15H21BrN2O. The van der Waals surface area contributed by atoms with E-state index in [0.29, 0.717) is 13.0 Å². The zero-order chi connectivity index (χ0) is 14.5. The molecule has 0 heterocycles. The third-order valence-electron chi connectivity index (χ3n) is 2.63. The Labute approximate surface area is 124 Å². The van der Waals surface area contributed by atoms with Gasteiger partial charge in [0.15, 0.2) is 6.10 Å². The lowest BCUT2D eigenvalue weighted by atomic mass is 10.1. The molecule has 1 aromatic rings. The van der Waals surface area contributed by atoms with Gasteiger partial charge in [-0.15, -0.1) is 0 Å². The number of rotatable bonds is 5. The first-order valence-electron chi connectivity index (χ1n) is 6.46. The van der Waals surface area contributed by atoms with Crippen LogP contribution < -0.4 is 10.1 Å². The average Bonchev–Trinajstić information content (AvgIpc) is 2.34. The third kappa shape index (κ3) is 5.22. The summed E-state index contributed by atoms with van der Waals surface area (Å²) >= 11 is 3.49. The summed E-state index contributed by atoms with van der Waals surface area (Å²) in [6.07, 6.45) is 0.261. The highest BCUT2D eigenvalue weighted by Crippen LogP contribution is 2.30. The number of benzene rings is 1. The monoisotopic (exact) mass is 324 g/mol. The van der Waals surface area contributed by atoms with Crippen LogP contribution in [0.25, 0.3) is 0 Å². The van der Waals surface area contributed by atoms with Gasteiger partial charge in [0.05, 0.1) is 4.47 Å². The van der Waals surface area contributed by atoms with Crippen LogP contribution in [0.5, 0.6) is 5.75 Å². The van der Waals surface area contributed by atoms with E-state index in [4.69, 9.17) is 10.00 Å². The van der Waals surface area contributed by atoms with E-state index in [2.05, 4.69) is 48.1 Å². The van der Waals surface area contributed by atoms with Crippen molar-refractivity contribution in [3.63, 3.8) is 0 Å². The lowest BCUT2D eigenvalue weighted by Gasteiger charge is -2.22. The minimum Gasteiger partial charge on any atom is -0.474 e. The predicted molar refractivity (Wildman–Crippen MR) is 81.1 cm³/mol. The Morgan fingerprint density at radius 2 is 2.11 bits per heavy atom. The molecule has 0 aliphatic rings. The first kappa shape index (κ1) is 16.0. The second-order valence-corrected chi connectivity index (χ2v) is 6.33. The van der Waals surface area contributed by atoms with E-state index >= 15 is 0 Å². The molecule has 0 spiro atoms. The SMILES string of the molecule is CCC(C#N)Oc1c(Br)cccc1CNC(C)(C)C. The summed E-state index contributed by atoms with van der Waals surface area (Å²) in [7, 11) is 0. The third-order valence-corrected chi connectivity index (χ3v) is 3.26. The van der Waals surface area contributed by atoms with Gasteiger partial charge >= 0.3 is 0 Å². The zero-order valence-electron chi connectivity index (χ0n) is 12.0. The quantitative estimate of drug-likeness (QED) is 0.889. The van der Waals surface area contributed by atoms with Crippen molar-refractivity contribution < 1.29 is 4.74 Å². The average molecular weight is 325 g/mol. The van der Waals surface area contributed by atoms with Crippen LogP contribution in [-0.4, -0.2) is 11.6 Å². The van der Waals surface area contributed by atoms with Gasteiger partial charge in [-0.2, -0.15) is 5.26 Å². The van der Waals surface area contributed by atoms with E-state index in [1.54, 1.807) is 0 Å². The molecule has 0 fully saturated rings. The summed E-state index contributed by atoms with van der Waals surface area (Å²) < 4.78 is 6.68. The molecule has 19 heavy (non-hydrogen) atoms. The van der Waals surface area contributed by atoms with Crippen LogP contribution in [0.1, 0.15) is 39.7 Å². The fraction of sp³-hybridized carbons (Fsp3) is 0.533. The summed E-state index contributed by atoms with van der Waals surface area (Å²) in [6.45, 7) is 9.01. The Balaban J connectivity index is 2.92. The van der Waals surface area contributed by atoms with Crippen molar-refractivity contribution >= 4 is 15.9 Å². The van der Waals surface area contributed by atoms with Gasteiger partial charge in [0.25, 0.3) is 0 Å². The van der Waals surface area contributed by atoms with Crippen LogP contribution in [0.4, 0.5) is 0 Å². The van der Waals surface area contributed by atoms with Crippen molar-refractivity contribution in [3.8, 4) is 11.8 Å². The fourth-order valence-corrected chi connectivity index (χ4v) is 2.03. The number of nitrogens with one attached hydrogen (secondary N) is 1. The van der Waals surface area contributed by atoms with Gasteiger partial charge in [-0.3, -0.25) is 0 Å². The second-order valence-electron chi connectivity index (χ2n) is 5.48. The number of nitriles is 1. The maximum absolute atomic E-state index is 9.02. The highest BCUT2D eigenvalue weighted by atomic mass is 79.9. The van der Waals surface area contributed by atoms with Crippen molar-refractivity contribution in [1.29, 1.82) is 5.26 Å². The molecule has 0 aliphatic carbocycles. The molecule has 1 atom stereocenters. The summed E-state index contributed by atoms with van der Waals surface area (Å²) in [5.74, 6) is 0.757. The van der Waals surface area contributed by atoms with Crippen LogP contribution >= 0.6 is 15.9 Å². The first-order valence-corrected chi connectivity index (χ1v) is 7.25. The molecule has 0 radical (unpaired) electrons. The Morgan fingerprint density at radius 1 is 1.42 bits per heavy atom. The van der Waals surface area contributed by atoms with Crippen LogP contribution in [0.15, 0.2) is 22.7 Å². The molecule has 104 valence electrons. The van der Waals surface area contributed by atoms with E-state index in [9.17, 15) is 0 Å². The molecular weight excluding hydrogens is 304 g/mol. The molecule has 0 saturated carbocycles. The van der Waals surface area contributed by atoms with Gasteiger partial charge < -0.3 is 10.1 Å². The van der Waals surface area contributed by atoms with Crippen molar-refractivity contribution in [2.45, 2.75) is 52.3 Å². The maximum Gasteiger partial charge on any atom is 0.184 e. The van der Waals surface area contributed by atoms with Gasteiger partial charge in [-0.1, -0.05) is 19.1 Å². The molecule has 0 amide bonds. The normalized spacial score (nSPS) is 12.8. The first-order chi connectivity index (χ1) is 8.87. The molecule has 0 aromatic heterocycles. The van der Waals surface area contributed by atoms with Crippen molar-refractivity contribution in [2.75, 3.05) is 0 Å². The Kier molecular flexibility index (Phi) is 5.84. The van der Waals surface area contributed by atoms with Gasteiger partial charge in [0, 0.05) is 17.6 Å². The number of para-hydroxylation sites is 1. The minimum absolute atomic E-state index is 0.0406. The number of hydrogen-bond donors (Lipinski definition) is 1. The summed E-state index contributed by atoms with van der Waals surface area (Å²) in [5, 5.41) is 12.5. The van der Waals surface area contributed by atoms with Gasteiger partial charge in [-0.25, -0.2) is 0 Å². The largest absolute Gasteiger partial charge is 0.474 e. The molecule has 1 aromatic carbocycles. The van der Waals surface area contributed by atoms with Crippen LogP contribution in [-0.2, 0) is 6.54 Å². The summed E-state index contributed by atoms with van der Waals surface area (Å²) in [5.41, 5.74) is 1.09. The topological polar surface area (TPSA) is 45.0 Å². The van der Waals surface area contributed by atoms with E-state index in [1.165, 1.54) is 0 Å². The molecule has 1 unspecified atom stereocenters. The lowest BCUT2D eigenvalue weighted by molar-refractivity contribution is 0.246. The van der Waals surface area contributed by atoms with Crippen LogP contribution in [0.2, 0.25) is 0 Å². The summed E-state index contributed by atoms with van der Waals surface area (Å²) in [6, 6.07) is 8.09. The van der Waals surface area contributed by atoms with Crippen molar-refractivity contribution in [1.82, 2.24) is 5.32 Å². The van der Waals surface area contributed by atoms with Crippen molar-refractivity contribution in [3.05, 3.63) is 28.2 Å². The van der Waals surface area contributed by atoms with Gasteiger partial charge in [0.2, 0.25) is 0 Å². The highest BCUT2D eigenvalue weighted by molar-refractivity contribution is 9.10. The van der Waals surface area contributed by atoms with E-state index in [-0.39, 0.29) is 5.54 Å². The van der Waals surface area contributed by atoms with Gasteiger partial charge in [-0.05, 0) is 49.2 Å². The molecule has 0 saturated heterocycles. The number of nitrogens with zero attached hydrogens (tertiary/aromatic N) is 1. The van der Waals surface area contributed by atoms with E-state index in [1.807, 2.05) is 25.1 Å². The fourth-order valence-electron chi connectivity index (χ4n) is 1.53. The number of hydrogen-bond acceptors (Lipinski definition) is 3. The molecule has 0 aliphatic heterocycles. The number of halogens is 1. The second kappa shape index (κ2) is 6.93. The van der Waals surface area contributed by atoms with Crippen molar-refractivity contribution in [2.24, 2.45) is 0 Å².